The van der Waals surface area contributed by atoms with Crippen molar-refractivity contribution in [2.24, 2.45) is 0 Å². The Morgan fingerprint density at radius 2 is 0.889 bits per heavy atom. The van der Waals surface area contributed by atoms with Gasteiger partial charge in [-0.2, -0.15) is 0 Å². The zero-order valence-electron chi connectivity index (χ0n) is 29.1. The first-order chi connectivity index (χ1) is 26.8. The van der Waals surface area contributed by atoms with Gasteiger partial charge in [-0.25, -0.2) is 9.97 Å². The number of hydrogen-bond acceptors (Lipinski definition) is 2. The summed E-state index contributed by atoms with van der Waals surface area (Å²) in [5.74, 6) is 0.714. The Morgan fingerprint density at radius 3 is 1.59 bits per heavy atom. The van der Waals surface area contributed by atoms with Crippen molar-refractivity contribution in [2.45, 2.75) is 0 Å². The molecule has 1 aliphatic carbocycles. The first-order valence-electron chi connectivity index (χ1n) is 18.4. The van der Waals surface area contributed by atoms with Crippen LogP contribution in [-0.4, -0.2) is 19.1 Å². The molecule has 0 amide bonds. The van der Waals surface area contributed by atoms with E-state index in [1.165, 1.54) is 48.9 Å². The Bertz CT molecular complexity index is 3270. The zero-order valence-corrected chi connectivity index (χ0v) is 29.1. The molecule has 8 aromatic carbocycles. The van der Waals surface area contributed by atoms with Crippen molar-refractivity contribution in [3.8, 4) is 56.4 Å². The van der Waals surface area contributed by atoms with Gasteiger partial charge in [0, 0.05) is 55.2 Å². The molecule has 0 saturated heterocycles. The summed E-state index contributed by atoms with van der Waals surface area (Å²) in [5, 5.41) is 7.41. The predicted molar refractivity (Wildman–Crippen MR) is 224 cm³/mol. The highest BCUT2D eigenvalue weighted by Gasteiger charge is 2.28. The van der Waals surface area contributed by atoms with Crippen LogP contribution in [0.4, 0.5) is 0 Å². The quantitative estimate of drug-likeness (QED) is 0.185. The summed E-state index contributed by atoms with van der Waals surface area (Å²) in [6.45, 7) is 0. The second-order valence-electron chi connectivity index (χ2n) is 14.2. The number of hydrogen-bond donors (Lipinski definition) is 0. The molecular weight excluding hydrogens is 657 g/mol. The van der Waals surface area contributed by atoms with Gasteiger partial charge < -0.3 is 9.13 Å². The summed E-state index contributed by atoms with van der Waals surface area (Å²) >= 11 is 0. The normalized spacial score (nSPS) is 12.1. The molecule has 12 rings (SSSR count). The van der Waals surface area contributed by atoms with Crippen LogP contribution in [0.5, 0.6) is 0 Å². The number of aromatic nitrogens is 4. The molecule has 0 saturated carbocycles. The van der Waals surface area contributed by atoms with Crippen molar-refractivity contribution in [1.82, 2.24) is 19.1 Å². The van der Waals surface area contributed by atoms with Crippen LogP contribution < -0.4 is 0 Å². The number of para-hydroxylation sites is 3. The van der Waals surface area contributed by atoms with Crippen LogP contribution in [-0.2, 0) is 0 Å². The molecule has 0 N–H and O–H groups in total. The molecule has 250 valence electrons. The largest absolute Gasteiger partial charge is 0.309 e. The van der Waals surface area contributed by atoms with Gasteiger partial charge in [0.1, 0.15) is 0 Å². The number of benzene rings is 8. The van der Waals surface area contributed by atoms with E-state index in [1.54, 1.807) is 0 Å². The Labute approximate surface area is 310 Å². The number of nitrogens with zero attached hydrogens (tertiary/aromatic N) is 4. The lowest BCUT2D eigenvalue weighted by molar-refractivity contribution is 1.15. The molecule has 54 heavy (non-hydrogen) atoms. The monoisotopic (exact) mass is 686 g/mol. The van der Waals surface area contributed by atoms with Gasteiger partial charge in [-0.3, -0.25) is 0 Å². The van der Waals surface area contributed by atoms with Crippen LogP contribution >= 0.6 is 0 Å². The van der Waals surface area contributed by atoms with Crippen LogP contribution in [0, 0.1) is 0 Å². The van der Waals surface area contributed by atoms with Crippen molar-refractivity contribution >= 4 is 54.4 Å². The average molecular weight is 687 g/mol. The van der Waals surface area contributed by atoms with E-state index in [2.05, 4.69) is 191 Å². The minimum atomic E-state index is 0.714. The standard InChI is InChI=1S/C50H30N4/c1-2-13-32(14-3-1)48-47-40-22-11-15-31-16-12-23-41(46(31)40)49(47)52-50(51-48)33-17-10-18-34(29-33)54-44-26-9-6-21-38(44)39-28-27-35(30-45(39)54)53-42-24-7-4-19-36(42)37-20-5-8-25-43(37)53/h1-30H. The SMILES string of the molecule is c1ccc(-c2nc(-c3cccc(-n4c5ccccc5c5ccc(-n6c7ccccc7c7ccccc76)cc54)c3)nc3c2-c2cccc4cccc-3c24)cc1. The van der Waals surface area contributed by atoms with Gasteiger partial charge in [0.2, 0.25) is 0 Å². The highest BCUT2D eigenvalue weighted by atomic mass is 15.0. The Morgan fingerprint density at radius 1 is 0.352 bits per heavy atom. The fraction of sp³-hybridized carbons (Fsp3) is 0. The Balaban J connectivity index is 1.09. The maximum absolute atomic E-state index is 5.38. The lowest BCUT2D eigenvalue weighted by Crippen LogP contribution is -2.00. The first-order valence-corrected chi connectivity index (χ1v) is 18.4. The molecular formula is C50H30N4. The fourth-order valence-electron chi connectivity index (χ4n) is 8.95. The molecule has 1 aliphatic rings. The van der Waals surface area contributed by atoms with E-state index in [1.807, 2.05) is 0 Å². The topological polar surface area (TPSA) is 35.6 Å². The number of rotatable bonds is 4. The Hall–Kier alpha value is -7.30. The molecule has 11 aromatic rings. The third-order valence-corrected chi connectivity index (χ3v) is 11.2. The second-order valence-corrected chi connectivity index (χ2v) is 14.2. The molecule has 3 heterocycles. The van der Waals surface area contributed by atoms with E-state index in [9.17, 15) is 0 Å². The average Bonchev–Trinajstić information content (AvgIpc) is 3.87. The maximum Gasteiger partial charge on any atom is 0.160 e. The fourth-order valence-corrected chi connectivity index (χ4v) is 8.95. The second kappa shape index (κ2) is 11.1. The third kappa shape index (κ3) is 4.08. The van der Waals surface area contributed by atoms with E-state index in [0.29, 0.717) is 5.82 Å². The van der Waals surface area contributed by atoms with Crippen LogP contribution in [0.3, 0.4) is 0 Å². The number of fused-ring (bicyclic) bond motifs is 9. The van der Waals surface area contributed by atoms with Gasteiger partial charge in [-0.1, -0.05) is 140 Å². The smallest absolute Gasteiger partial charge is 0.160 e. The van der Waals surface area contributed by atoms with Gasteiger partial charge in [-0.05, 0) is 58.8 Å². The van der Waals surface area contributed by atoms with Crippen LogP contribution in [0.15, 0.2) is 182 Å². The highest BCUT2D eigenvalue weighted by molar-refractivity contribution is 6.17. The highest BCUT2D eigenvalue weighted by Crippen LogP contribution is 2.50. The van der Waals surface area contributed by atoms with E-state index in [-0.39, 0.29) is 0 Å². The predicted octanol–water partition coefficient (Wildman–Crippen LogP) is 12.8. The summed E-state index contributed by atoms with van der Waals surface area (Å²) in [4.78, 5) is 10.8. The van der Waals surface area contributed by atoms with Crippen molar-refractivity contribution in [2.75, 3.05) is 0 Å². The van der Waals surface area contributed by atoms with Crippen LogP contribution in [0.2, 0.25) is 0 Å². The minimum Gasteiger partial charge on any atom is -0.309 e. The summed E-state index contributed by atoms with van der Waals surface area (Å²) < 4.78 is 4.79. The molecule has 0 radical (unpaired) electrons. The van der Waals surface area contributed by atoms with E-state index in [0.717, 1.165) is 56.0 Å². The molecule has 0 unspecified atom stereocenters. The molecule has 4 nitrogen and oxygen atoms in total. The van der Waals surface area contributed by atoms with Crippen molar-refractivity contribution < 1.29 is 0 Å². The molecule has 0 aliphatic heterocycles. The molecule has 0 bridgehead atoms. The molecule has 0 spiro atoms. The van der Waals surface area contributed by atoms with Gasteiger partial charge in [0.05, 0.1) is 33.5 Å². The van der Waals surface area contributed by atoms with E-state index >= 15 is 0 Å². The summed E-state index contributed by atoms with van der Waals surface area (Å²) in [7, 11) is 0. The lowest BCUT2D eigenvalue weighted by atomic mass is 9.99. The minimum absolute atomic E-state index is 0.714. The van der Waals surface area contributed by atoms with Gasteiger partial charge in [0.25, 0.3) is 0 Å². The first kappa shape index (κ1) is 29.3. The van der Waals surface area contributed by atoms with E-state index < -0.39 is 0 Å². The van der Waals surface area contributed by atoms with Crippen molar-refractivity contribution in [3.63, 3.8) is 0 Å². The maximum atomic E-state index is 5.38. The lowest BCUT2D eigenvalue weighted by Gasteiger charge is -2.14. The third-order valence-electron chi connectivity index (χ3n) is 11.2. The van der Waals surface area contributed by atoms with Gasteiger partial charge in [-0.15, -0.1) is 0 Å². The molecule has 0 atom stereocenters. The van der Waals surface area contributed by atoms with Gasteiger partial charge in [0.15, 0.2) is 5.82 Å². The molecule has 4 heteroatoms. The zero-order chi connectivity index (χ0) is 35.3. The summed E-state index contributed by atoms with van der Waals surface area (Å²) in [6.07, 6.45) is 0. The summed E-state index contributed by atoms with van der Waals surface area (Å²) in [5.41, 5.74) is 14.4. The molecule has 0 fully saturated rings. The van der Waals surface area contributed by atoms with Crippen LogP contribution in [0.25, 0.3) is 111 Å². The van der Waals surface area contributed by atoms with Crippen LogP contribution in [0.1, 0.15) is 0 Å². The van der Waals surface area contributed by atoms with Crippen molar-refractivity contribution in [1.29, 1.82) is 0 Å². The van der Waals surface area contributed by atoms with Gasteiger partial charge >= 0.3 is 0 Å². The van der Waals surface area contributed by atoms with E-state index in [4.69, 9.17) is 9.97 Å². The van der Waals surface area contributed by atoms with Crippen molar-refractivity contribution in [3.05, 3.63) is 182 Å². The summed E-state index contributed by atoms with van der Waals surface area (Å²) in [6, 6.07) is 65.3. The Kier molecular flexibility index (Phi) is 6.02. The molecule has 3 aromatic heterocycles.